The maximum Gasteiger partial charge on any atom is 0.157 e. The zero-order chi connectivity index (χ0) is 15.7. The van der Waals surface area contributed by atoms with Crippen molar-refractivity contribution in [3.63, 3.8) is 0 Å². The molecule has 0 unspecified atom stereocenters. The Labute approximate surface area is 130 Å². The van der Waals surface area contributed by atoms with Crippen molar-refractivity contribution in [3.8, 4) is 0 Å². The van der Waals surface area contributed by atoms with Gasteiger partial charge in [0.25, 0.3) is 0 Å². The number of anilines is 1. The van der Waals surface area contributed by atoms with Crippen LogP contribution in [0.5, 0.6) is 0 Å². The van der Waals surface area contributed by atoms with Gasteiger partial charge in [0.2, 0.25) is 0 Å². The van der Waals surface area contributed by atoms with Gasteiger partial charge < -0.3 is 5.32 Å². The summed E-state index contributed by atoms with van der Waals surface area (Å²) in [4.78, 5) is 4.56. The number of fused-ring (bicyclic) bond motifs is 1. The van der Waals surface area contributed by atoms with E-state index in [1.165, 1.54) is 5.69 Å². The van der Waals surface area contributed by atoms with Crippen LogP contribution in [0, 0.1) is 13.8 Å². The minimum atomic E-state index is 0.262. The largest absolute Gasteiger partial charge is 0.368 e. The van der Waals surface area contributed by atoms with Crippen LogP contribution >= 0.6 is 0 Å². The minimum absolute atomic E-state index is 0.262. The fourth-order valence-corrected chi connectivity index (χ4v) is 2.70. The number of aromatic nitrogens is 5. The standard InChI is InChI=1S/C16H22N6/c1-5-14-9-16(22-15(19-14)6-7-18-22)17-10-13(4)21-12(3)8-11(2)20-21/h6-9,13,17H,5,10H2,1-4H3/t13-/m0/s1. The van der Waals surface area contributed by atoms with Crippen molar-refractivity contribution in [2.24, 2.45) is 0 Å². The Kier molecular flexibility index (Phi) is 3.83. The van der Waals surface area contributed by atoms with Crippen LogP contribution in [0.25, 0.3) is 5.65 Å². The molecule has 0 fully saturated rings. The van der Waals surface area contributed by atoms with E-state index in [9.17, 15) is 0 Å². The molecule has 116 valence electrons. The first-order chi connectivity index (χ1) is 10.6. The van der Waals surface area contributed by atoms with Gasteiger partial charge in [-0.25, -0.2) is 4.98 Å². The van der Waals surface area contributed by atoms with E-state index in [-0.39, 0.29) is 6.04 Å². The quantitative estimate of drug-likeness (QED) is 0.787. The summed E-state index contributed by atoms with van der Waals surface area (Å²) in [6.07, 6.45) is 2.68. The summed E-state index contributed by atoms with van der Waals surface area (Å²) in [6, 6.07) is 6.35. The third-order valence-corrected chi connectivity index (χ3v) is 3.82. The van der Waals surface area contributed by atoms with Gasteiger partial charge in [-0.3, -0.25) is 4.68 Å². The lowest BCUT2D eigenvalue weighted by Crippen LogP contribution is -2.20. The highest BCUT2D eigenvalue weighted by Gasteiger charge is 2.11. The second-order valence-corrected chi connectivity index (χ2v) is 5.69. The van der Waals surface area contributed by atoms with E-state index >= 15 is 0 Å². The molecule has 6 heteroatoms. The average molecular weight is 298 g/mol. The van der Waals surface area contributed by atoms with Crippen LogP contribution < -0.4 is 5.32 Å². The third-order valence-electron chi connectivity index (χ3n) is 3.82. The summed E-state index contributed by atoms with van der Waals surface area (Å²) in [5.41, 5.74) is 4.17. The average Bonchev–Trinajstić information content (AvgIpc) is 3.10. The van der Waals surface area contributed by atoms with Crippen LogP contribution in [0.4, 0.5) is 5.82 Å². The summed E-state index contributed by atoms with van der Waals surface area (Å²) in [6.45, 7) is 9.16. The topological polar surface area (TPSA) is 60.0 Å². The van der Waals surface area contributed by atoms with Gasteiger partial charge in [-0.1, -0.05) is 6.92 Å². The molecule has 0 saturated heterocycles. The second kappa shape index (κ2) is 5.79. The molecule has 0 saturated carbocycles. The molecule has 1 atom stereocenters. The SMILES string of the molecule is CCc1cc(NC[C@H](C)n2nc(C)cc2C)n2nccc2n1. The highest BCUT2D eigenvalue weighted by atomic mass is 15.3. The first kappa shape index (κ1) is 14.6. The lowest BCUT2D eigenvalue weighted by Gasteiger charge is -2.17. The third kappa shape index (κ3) is 2.68. The van der Waals surface area contributed by atoms with E-state index in [1.54, 1.807) is 6.20 Å². The fraction of sp³-hybridized carbons (Fsp3) is 0.438. The molecule has 6 nitrogen and oxygen atoms in total. The highest BCUT2D eigenvalue weighted by molar-refractivity contribution is 5.49. The molecule has 0 aliphatic rings. The molecule has 3 rings (SSSR count). The van der Waals surface area contributed by atoms with Crippen molar-refractivity contribution in [2.45, 2.75) is 40.2 Å². The molecule has 0 radical (unpaired) electrons. The molecule has 0 aliphatic carbocycles. The van der Waals surface area contributed by atoms with E-state index in [4.69, 9.17) is 0 Å². The first-order valence-corrected chi connectivity index (χ1v) is 7.68. The Hall–Kier alpha value is -2.37. The summed E-state index contributed by atoms with van der Waals surface area (Å²) >= 11 is 0. The molecule has 0 amide bonds. The van der Waals surface area contributed by atoms with E-state index in [0.29, 0.717) is 0 Å². The van der Waals surface area contributed by atoms with Crippen molar-refractivity contribution >= 4 is 11.5 Å². The molecular weight excluding hydrogens is 276 g/mol. The molecule has 0 spiro atoms. The number of aryl methyl sites for hydroxylation is 3. The number of nitrogens with zero attached hydrogens (tertiary/aromatic N) is 5. The van der Waals surface area contributed by atoms with Gasteiger partial charge in [-0.05, 0) is 33.3 Å². The molecule has 22 heavy (non-hydrogen) atoms. The number of hydrogen-bond donors (Lipinski definition) is 1. The molecule has 3 aromatic rings. The lowest BCUT2D eigenvalue weighted by molar-refractivity contribution is 0.497. The van der Waals surface area contributed by atoms with Gasteiger partial charge in [-0.2, -0.15) is 14.7 Å². The van der Waals surface area contributed by atoms with Gasteiger partial charge in [-0.15, -0.1) is 0 Å². The van der Waals surface area contributed by atoms with Gasteiger partial charge in [0.15, 0.2) is 5.65 Å². The van der Waals surface area contributed by atoms with Crippen LogP contribution in [0.1, 0.15) is 37.0 Å². The molecule has 0 bridgehead atoms. The molecule has 3 aromatic heterocycles. The van der Waals surface area contributed by atoms with Crippen LogP contribution in [0.2, 0.25) is 0 Å². The Bertz CT molecular complexity index is 785. The Morgan fingerprint density at radius 3 is 2.77 bits per heavy atom. The van der Waals surface area contributed by atoms with Crippen LogP contribution in [0.15, 0.2) is 24.4 Å². The highest BCUT2D eigenvalue weighted by Crippen LogP contribution is 2.15. The van der Waals surface area contributed by atoms with Crippen molar-refractivity contribution in [1.29, 1.82) is 0 Å². The van der Waals surface area contributed by atoms with Gasteiger partial charge in [0, 0.05) is 30.1 Å². The molecule has 0 aliphatic heterocycles. The number of nitrogens with one attached hydrogen (secondary N) is 1. The molecule has 0 aromatic carbocycles. The predicted octanol–water partition coefficient (Wildman–Crippen LogP) is 2.78. The Balaban J connectivity index is 1.81. The van der Waals surface area contributed by atoms with E-state index in [0.717, 1.165) is 35.8 Å². The van der Waals surface area contributed by atoms with Gasteiger partial charge in [0.05, 0.1) is 17.9 Å². The summed E-state index contributed by atoms with van der Waals surface area (Å²) < 4.78 is 3.90. The number of hydrogen-bond acceptors (Lipinski definition) is 4. The lowest BCUT2D eigenvalue weighted by atomic mass is 10.3. The van der Waals surface area contributed by atoms with Crippen molar-refractivity contribution < 1.29 is 0 Å². The van der Waals surface area contributed by atoms with Gasteiger partial charge in [0.1, 0.15) is 5.82 Å². The van der Waals surface area contributed by atoms with Crippen LogP contribution in [-0.4, -0.2) is 30.9 Å². The van der Waals surface area contributed by atoms with Crippen LogP contribution in [-0.2, 0) is 6.42 Å². The smallest absolute Gasteiger partial charge is 0.157 e. The Morgan fingerprint density at radius 2 is 2.09 bits per heavy atom. The van der Waals surface area contributed by atoms with Crippen molar-refractivity contribution in [3.05, 3.63) is 41.5 Å². The Morgan fingerprint density at radius 1 is 1.27 bits per heavy atom. The molecule has 3 heterocycles. The predicted molar refractivity (Wildman–Crippen MR) is 87.3 cm³/mol. The van der Waals surface area contributed by atoms with E-state index < -0.39 is 0 Å². The second-order valence-electron chi connectivity index (χ2n) is 5.69. The minimum Gasteiger partial charge on any atom is -0.368 e. The first-order valence-electron chi connectivity index (χ1n) is 7.68. The zero-order valence-electron chi connectivity index (χ0n) is 13.5. The normalized spacial score (nSPS) is 12.7. The fourth-order valence-electron chi connectivity index (χ4n) is 2.70. The van der Waals surface area contributed by atoms with Crippen molar-refractivity contribution in [1.82, 2.24) is 24.4 Å². The monoisotopic (exact) mass is 298 g/mol. The van der Waals surface area contributed by atoms with Crippen molar-refractivity contribution in [2.75, 3.05) is 11.9 Å². The summed E-state index contributed by atoms with van der Waals surface area (Å²) in [7, 11) is 0. The maximum absolute atomic E-state index is 4.56. The zero-order valence-corrected chi connectivity index (χ0v) is 13.5. The van der Waals surface area contributed by atoms with E-state index in [1.807, 2.05) is 17.5 Å². The van der Waals surface area contributed by atoms with E-state index in [2.05, 4.69) is 58.1 Å². The summed E-state index contributed by atoms with van der Waals surface area (Å²) in [5.74, 6) is 0.972. The molecule has 1 N–H and O–H groups in total. The van der Waals surface area contributed by atoms with Crippen LogP contribution in [0.3, 0.4) is 0 Å². The number of rotatable bonds is 5. The maximum atomic E-state index is 4.56. The summed E-state index contributed by atoms with van der Waals surface area (Å²) in [5, 5.41) is 12.4. The molecular formula is C16H22N6. The van der Waals surface area contributed by atoms with Gasteiger partial charge >= 0.3 is 0 Å².